The van der Waals surface area contributed by atoms with Crippen LogP contribution in [0.3, 0.4) is 0 Å². The molecule has 1 unspecified atom stereocenters. The largest absolute Gasteiger partial charge is 0.478 e. The monoisotopic (exact) mass is 394 g/mol. The molecule has 2 aliphatic rings. The van der Waals surface area contributed by atoms with E-state index in [-0.39, 0.29) is 5.56 Å². The molecule has 0 saturated heterocycles. The molecule has 0 aliphatic carbocycles. The zero-order chi connectivity index (χ0) is 19.5. The van der Waals surface area contributed by atoms with Gasteiger partial charge in [0.25, 0.3) is 5.23 Å². The van der Waals surface area contributed by atoms with Crippen LogP contribution < -0.4 is 5.32 Å². The Morgan fingerprint density at radius 3 is 2.71 bits per heavy atom. The number of para-hydroxylation sites is 1. The van der Waals surface area contributed by atoms with Crippen LogP contribution in [0, 0.1) is 0 Å². The minimum absolute atomic E-state index is 0.229. The van der Waals surface area contributed by atoms with Crippen molar-refractivity contribution in [1.29, 1.82) is 0 Å². The molecule has 0 amide bonds. The number of carbonyl (C=O) groups is 1. The topological polar surface area (TPSA) is 95.6 Å². The number of anilines is 1. The molecule has 0 spiro atoms. The number of carboxylic acid groups (broad SMARTS) is 1. The van der Waals surface area contributed by atoms with Crippen molar-refractivity contribution in [1.82, 2.24) is 0 Å². The minimum Gasteiger partial charge on any atom is -0.478 e. The van der Waals surface area contributed by atoms with Crippen LogP contribution in [0.5, 0.6) is 0 Å². The summed E-state index contributed by atoms with van der Waals surface area (Å²) < 4.78 is 5.94. The van der Waals surface area contributed by atoms with Gasteiger partial charge < -0.3 is 15.2 Å². The van der Waals surface area contributed by atoms with Gasteiger partial charge >= 0.3 is 5.97 Å². The van der Waals surface area contributed by atoms with Crippen molar-refractivity contribution >= 4 is 40.3 Å². The van der Waals surface area contributed by atoms with E-state index in [0.717, 1.165) is 29.0 Å². The van der Waals surface area contributed by atoms with Crippen LogP contribution in [0.4, 0.5) is 5.69 Å². The Balaban J connectivity index is 1.74. The summed E-state index contributed by atoms with van der Waals surface area (Å²) in [4.78, 5) is 15.8. The van der Waals surface area contributed by atoms with Gasteiger partial charge in [0.05, 0.1) is 5.56 Å². The molecular weight excluding hydrogens is 376 g/mol. The summed E-state index contributed by atoms with van der Waals surface area (Å²) in [5.74, 6) is 0.320. The molecule has 7 nitrogen and oxygen atoms in total. The summed E-state index contributed by atoms with van der Waals surface area (Å²) >= 11 is 1.50. The maximum atomic E-state index is 11.1. The van der Waals surface area contributed by atoms with Gasteiger partial charge in [-0.05, 0) is 30.2 Å². The lowest BCUT2D eigenvalue weighted by Gasteiger charge is -2.16. The van der Waals surface area contributed by atoms with Gasteiger partial charge in [0, 0.05) is 17.0 Å². The van der Waals surface area contributed by atoms with Crippen molar-refractivity contribution in [2.75, 3.05) is 11.1 Å². The number of benzene rings is 2. The van der Waals surface area contributed by atoms with Crippen LogP contribution in [0.15, 0.2) is 63.7 Å². The average Bonchev–Trinajstić information content (AvgIpc) is 2.88. The third-order valence-corrected chi connectivity index (χ3v) is 5.27. The van der Waals surface area contributed by atoms with E-state index in [0.29, 0.717) is 16.8 Å². The normalized spacial score (nSPS) is 17.6. The summed E-state index contributed by atoms with van der Waals surface area (Å²) in [6, 6.07) is 14.4. The smallest absolute Gasteiger partial charge is 0.335 e. The third kappa shape index (κ3) is 3.63. The molecule has 8 heteroatoms. The molecule has 2 heterocycles. The molecule has 2 N–H and O–H groups in total. The molecular formula is C20H18N4O3S. The maximum Gasteiger partial charge on any atom is 0.335 e. The van der Waals surface area contributed by atoms with Crippen molar-refractivity contribution in [3.05, 3.63) is 65.2 Å². The highest BCUT2D eigenvalue weighted by molar-refractivity contribution is 8.13. The molecule has 4 rings (SSSR count). The molecule has 0 aromatic heterocycles. The zero-order valence-corrected chi connectivity index (χ0v) is 15.9. The summed E-state index contributed by atoms with van der Waals surface area (Å²) in [7, 11) is 0. The first-order valence-corrected chi connectivity index (χ1v) is 9.88. The molecule has 2 aliphatic heterocycles. The van der Waals surface area contributed by atoms with E-state index in [1.165, 1.54) is 11.8 Å². The van der Waals surface area contributed by atoms with Gasteiger partial charge in [-0.25, -0.2) is 9.79 Å². The number of hydrogen-bond acceptors (Lipinski definition) is 7. The van der Waals surface area contributed by atoms with Crippen LogP contribution in [-0.2, 0) is 4.74 Å². The first-order valence-electron chi connectivity index (χ1n) is 8.89. The van der Waals surface area contributed by atoms with Crippen LogP contribution in [0.2, 0.25) is 0 Å². The van der Waals surface area contributed by atoms with E-state index in [4.69, 9.17) is 14.8 Å². The minimum atomic E-state index is -0.962. The first kappa shape index (κ1) is 18.2. The molecule has 0 saturated carbocycles. The fraction of sp³-hybridized carbons (Fsp3) is 0.200. The summed E-state index contributed by atoms with van der Waals surface area (Å²) in [6.07, 6.45) is 0.557. The summed E-state index contributed by atoms with van der Waals surface area (Å²) in [5, 5.41) is 21.5. The molecule has 142 valence electrons. The highest BCUT2D eigenvalue weighted by Crippen LogP contribution is 2.30. The number of nitrogens with one attached hydrogen (secondary N) is 1. The lowest BCUT2D eigenvalue weighted by Crippen LogP contribution is -2.24. The Morgan fingerprint density at radius 1 is 1.18 bits per heavy atom. The first-order chi connectivity index (χ1) is 13.7. The summed E-state index contributed by atoms with van der Waals surface area (Å²) in [5.41, 5.74) is 3.34. The van der Waals surface area contributed by atoms with E-state index in [9.17, 15) is 4.79 Å². The number of aromatic carboxylic acids is 1. The molecule has 0 fully saturated rings. The highest BCUT2D eigenvalue weighted by atomic mass is 32.2. The fourth-order valence-corrected chi connectivity index (χ4v) is 3.48. The fourth-order valence-electron chi connectivity index (χ4n) is 2.87. The predicted molar refractivity (Wildman–Crippen MR) is 111 cm³/mol. The second-order valence-electron chi connectivity index (χ2n) is 6.22. The van der Waals surface area contributed by atoms with Crippen molar-refractivity contribution in [3.8, 4) is 0 Å². The second-order valence-corrected chi connectivity index (χ2v) is 7.27. The van der Waals surface area contributed by atoms with Gasteiger partial charge in [-0.15, -0.1) is 10.2 Å². The molecule has 2 aromatic carbocycles. The van der Waals surface area contributed by atoms with Crippen LogP contribution in [0.1, 0.15) is 41.0 Å². The number of aliphatic imine (C=N–C) groups is 1. The standard InChI is InChI=1S/C20H18N4O3S/c1-2-11-28-20-24-23-16-14-5-3-4-6-15(14)21-17(22-18(16)27-20)12-7-9-13(10-8-12)19(25)26/h3-10,17,21H,2,11H2,1H3,(H,25,26). The number of rotatable bonds is 4. The van der Waals surface area contributed by atoms with Crippen LogP contribution >= 0.6 is 11.8 Å². The van der Waals surface area contributed by atoms with E-state index < -0.39 is 12.1 Å². The molecule has 1 atom stereocenters. The van der Waals surface area contributed by atoms with Crippen LogP contribution in [-0.4, -0.2) is 33.7 Å². The van der Waals surface area contributed by atoms with Gasteiger partial charge in [0.1, 0.15) is 6.17 Å². The average molecular weight is 394 g/mol. The van der Waals surface area contributed by atoms with Gasteiger partial charge in [-0.3, -0.25) is 0 Å². The van der Waals surface area contributed by atoms with E-state index in [1.807, 2.05) is 24.3 Å². The quantitative estimate of drug-likeness (QED) is 0.812. The Morgan fingerprint density at radius 2 is 1.96 bits per heavy atom. The molecule has 0 radical (unpaired) electrons. The Kier molecular flexibility index (Phi) is 5.12. The lowest BCUT2D eigenvalue weighted by atomic mass is 10.1. The lowest BCUT2D eigenvalue weighted by molar-refractivity contribution is 0.0697. The Bertz CT molecular complexity index is 999. The zero-order valence-electron chi connectivity index (χ0n) is 15.1. The highest BCUT2D eigenvalue weighted by Gasteiger charge is 2.28. The van der Waals surface area contributed by atoms with Gasteiger partial charge in [-0.2, -0.15) is 0 Å². The van der Waals surface area contributed by atoms with Gasteiger partial charge in [0.2, 0.25) is 5.90 Å². The van der Waals surface area contributed by atoms with Crippen molar-refractivity contribution in [3.63, 3.8) is 0 Å². The number of hydrogen-bond donors (Lipinski definition) is 2. The maximum absolute atomic E-state index is 11.1. The van der Waals surface area contributed by atoms with E-state index in [2.05, 4.69) is 22.4 Å². The molecule has 0 bridgehead atoms. The summed E-state index contributed by atoms with van der Waals surface area (Å²) in [6.45, 7) is 2.09. The molecule has 28 heavy (non-hydrogen) atoms. The van der Waals surface area contributed by atoms with Crippen molar-refractivity contribution < 1.29 is 14.6 Å². The Hall–Kier alpha value is -3.13. The van der Waals surface area contributed by atoms with E-state index in [1.54, 1.807) is 24.3 Å². The number of carboxylic acids is 1. The number of thioether (sulfide) groups is 1. The number of fused-ring (bicyclic) bond motifs is 3. The van der Waals surface area contributed by atoms with Crippen LogP contribution in [0.25, 0.3) is 0 Å². The predicted octanol–water partition coefficient (Wildman–Crippen LogP) is 4.14. The SMILES string of the molecule is CCCSC1=NN=C2C(=NC(c3ccc(C(=O)O)cc3)Nc3ccccc32)O1. The Labute approximate surface area is 166 Å². The van der Waals surface area contributed by atoms with Crippen molar-refractivity contribution in [2.45, 2.75) is 19.5 Å². The third-order valence-electron chi connectivity index (χ3n) is 4.24. The molecule has 2 aromatic rings. The second kappa shape index (κ2) is 7.85. The van der Waals surface area contributed by atoms with E-state index >= 15 is 0 Å². The number of nitrogens with zero attached hydrogens (tertiary/aromatic N) is 3. The number of ether oxygens (including phenoxy) is 1. The van der Waals surface area contributed by atoms with Crippen molar-refractivity contribution in [2.24, 2.45) is 15.2 Å². The van der Waals surface area contributed by atoms with Gasteiger partial charge in [-0.1, -0.05) is 49.0 Å². The van der Waals surface area contributed by atoms with Gasteiger partial charge in [0.15, 0.2) is 5.71 Å².